The van der Waals surface area contributed by atoms with E-state index in [4.69, 9.17) is 23.7 Å². The largest absolute Gasteiger partial charge is 0.493 e. The molecule has 0 spiro atoms. The molecule has 0 saturated heterocycles. The standard InChI is InChI=1S/C38H47N3O7/c1-44-31-17-15-25(21-32(31)45-2)19-20-41(35(42)18-16-26-24-39-30-14-10-9-13-29(26)30)36(38(43)40-28-11-7-6-8-12-28)27-22-33(46-3)37(48-5)34(23-27)47-4/h9-10,13-15,17,21-24,28,36,39H,6-8,11-12,16,18-20H2,1-5H3,(H,40,43). The van der Waals surface area contributed by atoms with Gasteiger partial charge in [0.15, 0.2) is 23.0 Å². The molecule has 1 aromatic heterocycles. The molecular formula is C38H47N3O7. The molecule has 10 heteroatoms. The van der Waals surface area contributed by atoms with Crippen molar-refractivity contribution in [1.82, 2.24) is 15.2 Å². The van der Waals surface area contributed by atoms with Crippen molar-refractivity contribution in [1.29, 1.82) is 0 Å². The first-order chi connectivity index (χ1) is 23.4. The van der Waals surface area contributed by atoms with E-state index in [0.717, 1.165) is 54.1 Å². The molecule has 10 nitrogen and oxygen atoms in total. The lowest BCUT2D eigenvalue weighted by Crippen LogP contribution is -2.47. The Morgan fingerprint density at radius 1 is 0.812 bits per heavy atom. The number of aryl methyl sites for hydroxylation is 1. The van der Waals surface area contributed by atoms with E-state index in [1.807, 2.05) is 42.6 Å². The Morgan fingerprint density at radius 2 is 1.50 bits per heavy atom. The van der Waals surface area contributed by atoms with Gasteiger partial charge in [0.05, 0.1) is 35.5 Å². The van der Waals surface area contributed by atoms with Gasteiger partial charge in [0, 0.05) is 36.1 Å². The number of nitrogens with zero attached hydrogens (tertiary/aromatic N) is 1. The zero-order valence-electron chi connectivity index (χ0n) is 28.6. The number of amides is 2. The summed E-state index contributed by atoms with van der Waals surface area (Å²) >= 11 is 0. The predicted octanol–water partition coefficient (Wildman–Crippen LogP) is 6.41. The number of rotatable bonds is 15. The van der Waals surface area contributed by atoms with E-state index in [0.29, 0.717) is 47.2 Å². The van der Waals surface area contributed by atoms with Crippen LogP contribution in [0.15, 0.2) is 60.8 Å². The third kappa shape index (κ3) is 7.81. The molecule has 1 aliphatic rings. The number of aromatic amines is 1. The Bertz CT molecular complexity index is 1670. The molecule has 1 atom stereocenters. The normalized spacial score (nSPS) is 13.9. The molecule has 0 bridgehead atoms. The van der Waals surface area contributed by atoms with E-state index in [9.17, 15) is 9.59 Å². The lowest BCUT2D eigenvalue weighted by atomic mass is 9.94. The van der Waals surface area contributed by atoms with Gasteiger partial charge in [-0.05, 0) is 72.7 Å². The molecule has 1 fully saturated rings. The third-order valence-corrected chi connectivity index (χ3v) is 9.21. The van der Waals surface area contributed by atoms with Gasteiger partial charge in [-0.15, -0.1) is 0 Å². The fourth-order valence-electron chi connectivity index (χ4n) is 6.67. The van der Waals surface area contributed by atoms with Crippen LogP contribution in [0.2, 0.25) is 0 Å². The molecule has 1 unspecified atom stereocenters. The Kier molecular flexibility index (Phi) is 11.7. The molecule has 256 valence electrons. The maximum Gasteiger partial charge on any atom is 0.247 e. The minimum atomic E-state index is -0.948. The molecule has 1 saturated carbocycles. The van der Waals surface area contributed by atoms with Crippen molar-refractivity contribution in [2.24, 2.45) is 0 Å². The minimum absolute atomic E-state index is 0.0461. The van der Waals surface area contributed by atoms with Gasteiger partial charge < -0.3 is 38.9 Å². The molecule has 0 aliphatic heterocycles. The van der Waals surface area contributed by atoms with Gasteiger partial charge in [-0.25, -0.2) is 0 Å². The van der Waals surface area contributed by atoms with Crippen molar-refractivity contribution < 1.29 is 33.3 Å². The highest BCUT2D eigenvalue weighted by Crippen LogP contribution is 2.41. The Labute approximate surface area is 282 Å². The molecule has 0 radical (unpaired) electrons. The summed E-state index contributed by atoms with van der Waals surface area (Å²) < 4.78 is 27.9. The quantitative estimate of drug-likeness (QED) is 0.152. The molecule has 5 rings (SSSR count). The van der Waals surface area contributed by atoms with Crippen LogP contribution in [-0.2, 0) is 22.4 Å². The number of carbonyl (C=O) groups is 2. The van der Waals surface area contributed by atoms with Gasteiger partial charge in [-0.3, -0.25) is 9.59 Å². The number of hydrogen-bond donors (Lipinski definition) is 2. The number of H-pyrrole nitrogens is 1. The molecule has 48 heavy (non-hydrogen) atoms. The number of ether oxygens (including phenoxy) is 5. The summed E-state index contributed by atoms with van der Waals surface area (Å²) in [7, 11) is 7.81. The summed E-state index contributed by atoms with van der Waals surface area (Å²) in [5, 5.41) is 4.38. The summed E-state index contributed by atoms with van der Waals surface area (Å²) in [6.45, 7) is 0.279. The predicted molar refractivity (Wildman–Crippen MR) is 185 cm³/mol. The number of methoxy groups -OCH3 is 5. The first kappa shape index (κ1) is 34.5. The zero-order chi connectivity index (χ0) is 34.0. The molecule has 4 aromatic rings. The Balaban J connectivity index is 1.54. The Morgan fingerprint density at radius 3 is 2.17 bits per heavy atom. The smallest absolute Gasteiger partial charge is 0.247 e. The highest BCUT2D eigenvalue weighted by molar-refractivity contribution is 5.90. The lowest BCUT2D eigenvalue weighted by Gasteiger charge is -2.34. The van der Waals surface area contributed by atoms with E-state index in [1.165, 1.54) is 7.11 Å². The van der Waals surface area contributed by atoms with Crippen LogP contribution in [0, 0.1) is 0 Å². The second-order valence-corrected chi connectivity index (χ2v) is 12.1. The van der Waals surface area contributed by atoms with Crippen LogP contribution in [0.5, 0.6) is 28.7 Å². The monoisotopic (exact) mass is 657 g/mol. The fraction of sp³-hybridized carbons (Fsp3) is 0.421. The number of benzene rings is 3. The maximum absolute atomic E-state index is 14.5. The van der Waals surface area contributed by atoms with E-state index >= 15 is 0 Å². The fourth-order valence-corrected chi connectivity index (χ4v) is 6.67. The molecule has 3 aromatic carbocycles. The number of nitrogens with one attached hydrogen (secondary N) is 2. The van der Waals surface area contributed by atoms with Crippen LogP contribution in [0.3, 0.4) is 0 Å². The summed E-state index contributed by atoms with van der Waals surface area (Å²) in [4.78, 5) is 33.9. The van der Waals surface area contributed by atoms with Crippen molar-refractivity contribution in [3.8, 4) is 28.7 Å². The first-order valence-corrected chi connectivity index (χ1v) is 16.6. The van der Waals surface area contributed by atoms with E-state index < -0.39 is 6.04 Å². The topological polar surface area (TPSA) is 111 Å². The van der Waals surface area contributed by atoms with E-state index in [2.05, 4.69) is 16.4 Å². The average molecular weight is 658 g/mol. The van der Waals surface area contributed by atoms with Crippen LogP contribution >= 0.6 is 0 Å². The highest BCUT2D eigenvalue weighted by atomic mass is 16.5. The summed E-state index contributed by atoms with van der Waals surface area (Å²) in [5.41, 5.74) is 3.59. The molecule has 2 amide bonds. The molecular weight excluding hydrogens is 610 g/mol. The second-order valence-electron chi connectivity index (χ2n) is 12.1. The lowest BCUT2D eigenvalue weighted by molar-refractivity contribution is -0.141. The van der Waals surface area contributed by atoms with Gasteiger partial charge in [-0.2, -0.15) is 0 Å². The molecule has 2 N–H and O–H groups in total. The van der Waals surface area contributed by atoms with E-state index in [1.54, 1.807) is 45.5 Å². The molecule has 1 aliphatic carbocycles. The van der Waals surface area contributed by atoms with Gasteiger partial charge in [-0.1, -0.05) is 43.5 Å². The van der Waals surface area contributed by atoms with Crippen molar-refractivity contribution in [2.45, 2.75) is 63.5 Å². The van der Waals surface area contributed by atoms with Crippen LogP contribution in [0.25, 0.3) is 10.9 Å². The van der Waals surface area contributed by atoms with Crippen molar-refractivity contribution in [2.75, 3.05) is 42.1 Å². The minimum Gasteiger partial charge on any atom is -0.493 e. The summed E-state index contributed by atoms with van der Waals surface area (Å²) in [5.74, 6) is 2.08. The zero-order valence-corrected chi connectivity index (χ0v) is 28.6. The number of carbonyl (C=O) groups excluding carboxylic acids is 2. The number of aromatic nitrogens is 1. The van der Waals surface area contributed by atoms with Crippen molar-refractivity contribution >= 4 is 22.7 Å². The first-order valence-electron chi connectivity index (χ1n) is 16.6. The van der Waals surface area contributed by atoms with Crippen LogP contribution in [-0.4, -0.2) is 69.8 Å². The van der Waals surface area contributed by atoms with Crippen molar-refractivity contribution in [3.63, 3.8) is 0 Å². The summed E-state index contributed by atoms with van der Waals surface area (Å²) in [6.07, 6.45) is 8.27. The SMILES string of the molecule is COc1ccc(CCN(C(=O)CCc2c[nH]c3ccccc23)C(C(=O)NC2CCCCC2)c2cc(OC)c(OC)c(OC)c2)cc1OC. The van der Waals surface area contributed by atoms with Crippen LogP contribution in [0.4, 0.5) is 0 Å². The third-order valence-electron chi connectivity index (χ3n) is 9.21. The number of para-hydroxylation sites is 1. The highest BCUT2D eigenvalue weighted by Gasteiger charge is 2.34. The molecule has 1 heterocycles. The van der Waals surface area contributed by atoms with Crippen LogP contribution in [0.1, 0.15) is 61.3 Å². The number of hydrogen-bond acceptors (Lipinski definition) is 7. The second kappa shape index (κ2) is 16.3. The average Bonchev–Trinajstić information content (AvgIpc) is 3.54. The van der Waals surface area contributed by atoms with Gasteiger partial charge in [0.25, 0.3) is 0 Å². The van der Waals surface area contributed by atoms with E-state index in [-0.39, 0.29) is 30.8 Å². The Hall–Kier alpha value is -4.86. The van der Waals surface area contributed by atoms with Gasteiger partial charge in [0.2, 0.25) is 17.6 Å². The number of fused-ring (bicyclic) bond motifs is 1. The van der Waals surface area contributed by atoms with Crippen molar-refractivity contribution in [3.05, 3.63) is 77.5 Å². The summed E-state index contributed by atoms with van der Waals surface area (Å²) in [6, 6.07) is 16.4. The van der Waals surface area contributed by atoms with Crippen LogP contribution < -0.4 is 29.0 Å². The maximum atomic E-state index is 14.5. The van der Waals surface area contributed by atoms with Gasteiger partial charge >= 0.3 is 0 Å². The van der Waals surface area contributed by atoms with Gasteiger partial charge in [0.1, 0.15) is 6.04 Å².